The third-order valence-corrected chi connectivity index (χ3v) is 4.37. The molecule has 0 spiro atoms. The van der Waals surface area contributed by atoms with Gasteiger partial charge in [0.15, 0.2) is 5.76 Å². The number of piperazine rings is 1. The Labute approximate surface area is 165 Å². The fraction of sp³-hybridized carbons (Fsp3) is 0.263. The summed E-state index contributed by atoms with van der Waals surface area (Å²) in [7, 11) is 0. The molecule has 0 saturated carbocycles. The van der Waals surface area contributed by atoms with Gasteiger partial charge in [-0.2, -0.15) is 0 Å². The minimum Gasteiger partial charge on any atom is -0.439 e. The number of pyridine rings is 1. The van der Waals surface area contributed by atoms with E-state index in [-0.39, 0.29) is 24.8 Å². The van der Waals surface area contributed by atoms with Gasteiger partial charge >= 0.3 is 0 Å². The number of nitrogens with one attached hydrogen (secondary N) is 1. The summed E-state index contributed by atoms with van der Waals surface area (Å²) < 4.78 is 5.97. The van der Waals surface area contributed by atoms with Crippen molar-refractivity contribution in [3.05, 3.63) is 72.5 Å². The van der Waals surface area contributed by atoms with Gasteiger partial charge in [0.1, 0.15) is 0 Å². The number of halogens is 2. The molecule has 0 bridgehead atoms. The molecule has 1 saturated heterocycles. The van der Waals surface area contributed by atoms with Gasteiger partial charge < -0.3 is 9.73 Å². The molecule has 5 nitrogen and oxygen atoms in total. The number of nitrogens with zero attached hydrogens (tertiary/aromatic N) is 3. The van der Waals surface area contributed by atoms with E-state index in [9.17, 15) is 0 Å². The molecule has 26 heavy (non-hydrogen) atoms. The van der Waals surface area contributed by atoms with E-state index in [2.05, 4.69) is 26.3 Å². The van der Waals surface area contributed by atoms with Gasteiger partial charge in [-0.15, -0.1) is 24.8 Å². The first-order valence-corrected chi connectivity index (χ1v) is 8.25. The molecule has 1 atom stereocenters. The fourth-order valence-electron chi connectivity index (χ4n) is 3.13. The van der Waals surface area contributed by atoms with Crippen LogP contribution >= 0.6 is 24.8 Å². The average molecular weight is 393 g/mol. The van der Waals surface area contributed by atoms with E-state index in [1.165, 1.54) is 5.56 Å². The van der Waals surface area contributed by atoms with E-state index < -0.39 is 0 Å². The fourth-order valence-corrected chi connectivity index (χ4v) is 3.13. The quantitative estimate of drug-likeness (QED) is 0.732. The highest BCUT2D eigenvalue weighted by Gasteiger charge is 2.25. The van der Waals surface area contributed by atoms with Gasteiger partial charge in [0, 0.05) is 43.6 Å². The van der Waals surface area contributed by atoms with Crippen molar-refractivity contribution in [1.29, 1.82) is 0 Å². The molecule has 0 aliphatic carbocycles. The molecular weight excluding hydrogens is 371 g/mol. The second-order valence-electron chi connectivity index (χ2n) is 5.96. The Kier molecular flexibility index (Phi) is 7.60. The zero-order valence-corrected chi connectivity index (χ0v) is 15.9. The monoisotopic (exact) mass is 392 g/mol. The third kappa shape index (κ3) is 4.62. The van der Waals surface area contributed by atoms with Gasteiger partial charge in [0.25, 0.3) is 0 Å². The number of oxazole rings is 1. The van der Waals surface area contributed by atoms with Crippen molar-refractivity contribution in [2.75, 3.05) is 19.6 Å². The van der Waals surface area contributed by atoms with Crippen LogP contribution in [-0.2, 0) is 6.54 Å². The van der Waals surface area contributed by atoms with E-state index in [4.69, 9.17) is 4.42 Å². The van der Waals surface area contributed by atoms with Crippen LogP contribution in [-0.4, -0.2) is 34.5 Å². The van der Waals surface area contributed by atoms with Crippen LogP contribution in [0.3, 0.4) is 0 Å². The Morgan fingerprint density at radius 2 is 1.92 bits per heavy atom. The maximum atomic E-state index is 5.97. The number of hydrogen-bond acceptors (Lipinski definition) is 5. The molecule has 4 rings (SSSR count). The van der Waals surface area contributed by atoms with Gasteiger partial charge in [0.2, 0.25) is 5.89 Å². The highest BCUT2D eigenvalue weighted by atomic mass is 35.5. The summed E-state index contributed by atoms with van der Waals surface area (Å²) in [6.45, 7) is 3.55. The lowest BCUT2D eigenvalue weighted by atomic mass is 10.1. The highest BCUT2D eigenvalue weighted by Crippen LogP contribution is 2.25. The zero-order valence-electron chi connectivity index (χ0n) is 14.2. The number of hydrogen-bond donors (Lipinski definition) is 1. The minimum absolute atomic E-state index is 0. The summed E-state index contributed by atoms with van der Waals surface area (Å²) in [5.41, 5.74) is 2.28. The van der Waals surface area contributed by atoms with Crippen LogP contribution in [0.25, 0.3) is 11.3 Å². The molecule has 1 fully saturated rings. The summed E-state index contributed by atoms with van der Waals surface area (Å²) in [6, 6.07) is 14.5. The summed E-state index contributed by atoms with van der Waals surface area (Å²) >= 11 is 0. The van der Waals surface area contributed by atoms with Crippen LogP contribution in [0.2, 0.25) is 0 Å². The van der Waals surface area contributed by atoms with Crippen molar-refractivity contribution in [3.8, 4) is 11.3 Å². The molecule has 138 valence electrons. The standard InChI is InChI=1S/C19H20N4O.2ClH/c1-2-5-15(6-3-1)18-13-22-19(24-18)14-23-10-9-21-12-17(23)16-7-4-8-20-11-16;;/h1-8,11,13,17,21H,9-10,12,14H2;2*1H. The predicted molar refractivity (Wildman–Crippen MR) is 107 cm³/mol. The first-order valence-electron chi connectivity index (χ1n) is 8.25. The van der Waals surface area contributed by atoms with Crippen molar-refractivity contribution >= 4 is 24.8 Å². The molecular formula is C19H22Cl2N4O. The second kappa shape index (κ2) is 9.69. The van der Waals surface area contributed by atoms with Gasteiger partial charge in [-0.05, 0) is 11.6 Å². The topological polar surface area (TPSA) is 54.2 Å². The Morgan fingerprint density at radius 1 is 1.08 bits per heavy atom. The van der Waals surface area contributed by atoms with Crippen LogP contribution in [0.5, 0.6) is 0 Å². The van der Waals surface area contributed by atoms with Crippen LogP contribution < -0.4 is 5.32 Å². The Hall–Kier alpha value is -1.92. The molecule has 2 aromatic heterocycles. The van der Waals surface area contributed by atoms with Crippen molar-refractivity contribution in [1.82, 2.24) is 20.2 Å². The Balaban J connectivity index is 0.00000121. The lowest BCUT2D eigenvalue weighted by molar-refractivity contribution is 0.140. The van der Waals surface area contributed by atoms with Gasteiger partial charge in [0.05, 0.1) is 12.7 Å². The second-order valence-corrected chi connectivity index (χ2v) is 5.96. The average Bonchev–Trinajstić information content (AvgIpc) is 3.12. The molecule has 1 unspecified atom stereocenters. The molecule has 1 N–H and O–H groups in total. The van der Waals surface area contributed by atoms with Crippen molar-refractivity contribution < 1.29 is 4.42 Å². The zero-order chi connectivity index (χ0) is 16.2. The van der Waals surface area contributed by atoms with E-state index in [0.717, 1.165) is 36.8 Å². The SMILES string of the molecule is Cl.Cl.c1ccc(-c2cnc(CN3CCNCC3c3cccnc3)o2)cc1. The lowest BCUT2D eigenvalue weighted by Gasteiger charge is -2.35. The maximum Gasteiger partial charge on any atom is 0.209 e. The first kappa shape index (κ1) is 20.4. The Bertz CT molecular complexity index is 783. The molecule has 1 aliphatic rings. The van der Waals surface area contributed by atoms with Gasteiger partial charge in [-0.25, -0.2) is 4.98 Å². The molecule has 7 heteroatoms. The van der Waals surface area contributed by atoms with E-state index in [0.29, 0.717) is 12.6 Å². The van der Waals surface area contributed by atoms with E-state index in [1.807, 2.05) is 55.0 Å². The lowest BCUT2D eigenvalue weighted by Crippen LogP contribution is -2.45. The minimum atomic E-state index is 0. The number of rotatable bonds is 4. The highest BCUT2D eigenvalue weighted by molar-refractivity contribution is 5.85. The smallest absolute Gasteiger partial charge is 0.209 e. The van der Waals surface area contributed by atoms with E-state index >= 15 is 0 Å². The number of aromatic nitrogens is 2. The Morgan fingerprint density at radius 3 is 2.69 bits per heavy atom. The largest absolute Gasteiger partial charge is 0.439 e. The summed E-state index contributed by atoms with van der Waals surface area (Å²) in [4.78, 5) is 11.1. The third-order valence-electron chi connectivity index (χ3n) is 4.37. The van der Waals surface area contributed by atoms with Crippen LogP contribution in [0, 0.1) is 0 Å². The molecule has 1 aromatic carbocycles. The first-order chi connectivity index (χ1) is 11.9. The summed E-state index contributed by atoms with van der Waals surface area (Å²) in [6.07, 6.45) is 5.56. The van der Waals surface area contributed by atoms with Crippen molar-refractivity contribution in [3.63, 3.8) is 0 Å². The molecule has 3 heterocycles. The summed E-state index contributed by atoms with van der Waals surface area (Å²) in [5, 5.41) is 3.46. The molecule has 0 radical (unpaired) electrons. The van der Waals surface area contributed by atoms with Crippen LogP contribution in [0.1, 0.15) is 17.5 Å². The molecule has 3 aromatic rings. The maximum absolute atomic E-state index is 5.97. The van der Waals surface area contributed by atoms with Gasteiger partial charge in [-0.3, -0.25) is 9.88 Å². The molecule has 1 aliphatic heterocycles. The van der Waals surface area contributed by atoms with Crippen LogP contribution in [0.15, 0.2) is 65.5 Å². The van der Waals surface area contributed by atoms with Crippen molar-refractivity contribution in [2.45, 2.75) is 12.6 Å². The normalized spacial score (nSPS) is 17.2. The molecule has 0 amide bonds. The summed E-state index contributed by atoms with van der Waals surface area (Å²) in [5.74, 6) is 1.57. The predicted octanol–water partition coefficient (Wildman–Crippen LogP) is 3.73. The van der Waals surface area contributed by atoms with E-state index in [1.54, 1.807) is 0 Å². The number of benzene rings is 1. The van der Waals surface area contributed by atoms with Crippen molar-refractivity contribution in [2.24, 2.45) is 0 Å². The van der Waals surface area contributed by atoms with Crippen LogP contribution in [0.4, 0.5) is 0 Å². The van der Waals surface area contributed by atoms with Gasteiger partial charge in [-0.1, -0.05) is 36.4 Å².